The maximum Gasteiger partial charge on any atom is 0.260 e. The fraction of sp³-hybridized carbons (Fsp3) is 0.571. The van der Waals surface area contributed by atoms with Gasteiger partial charge in [-0.25, -0.2) is 23.7 Å². The van der Waals surface area contributed by atoms with Gasteiger partial charge in [0.25, 0.3) is 5.91 Å². The van der Waals surface area contributed by atoms with Gasteiger partial charge in [0.15, 0.2) is 17.3 Å². The van der Waals surface area contributed by atoms with Gasteiger partial charge in [-0.1, -0.05) is 0 Å². The lowest BCUT2D eigenvalue weighted by Crippen LogP contribution is -2.37. The van der Waals surface area contributed by atoms with E-state index in [4.69, 9.17) is 21.3 Å². The highest BCUT2D eigenvalue weighted by Gasteiger charge is 2.53. The van der Waals surface area contributed by atoms with Crippen molar-refractivity contribution < 1.29 is 23.4 Å². The van der Waals surface area contributed by atoms with Crippen LogP contribution in [0.3, 0.4) is 0 Å². The first-order valence-electron chi connectivity index (χ1n) is 11.1. The third-order valence-electron chi connectivity index (χ3n) is 6.01. The van der Waals surface area contributed by atoms with Crippen molar-refractivity contribution in [1.82, 2.24) is 24.8 Å². The second-order valence-electron chi connectivity index (χ2n) is 8.55. The molecule has 1 unspecified atom stereocenters. The Morgan fingerprint density at radius 1 is 1.18 bits per heavy atom. The Balaban J connectivity index is 0.000000180. The minimum Gasteiger partial charge on any atom is -0.396 e. The zero-order valence-electron chi connectivity index (χ0n) is 18.7. The number of anilines is 3. The average molecular weight is 479 g/mol. The van der Waals surface area contributed by atoms with Gasteiger partial charge in [0, 0.05) is 56.7 Å². The van der Waals surface area contributed by atoms with Gasteiger partial charge in [-0.15, -0.1) is 0 Å². The molecule has 5 rings (SSSR count). The third kappa shape index (κ3) is 5.30. The van der Waals surface area contributed by atoms with Crippen molar-refractivity contribution in [3.05, 3.63) is 18.2 Å². The fourth-order valence-electron chi connectivity index (χ4n) is 3.78. The van der Waals surface area contributed by atoms with Crippen LogP contribution in [0.5, 0.6) is 0 Å². The van der Waals surface area contributed by atoms with E-state index in [9.17, 15) is 13.6 Å². The van der Waals surface area contributed by atoms with E-state index in [1.54, 1.807) is 4.90 Å². The van der Waals surface area contributed by atoms with Gasteiger partial charge in [0.1, 0.15) is 5.69 Å². The quantitative estimate of drug-likeness (QED) is 0.562. The van der Waals surface area contributed by atoms with Crippen molar-refractivity contribution in [2.75, 3.05) is 62.4 Å². The van der Waals surface area contributed by atoms with Crippen LogP contribution in [0.2, 0.25) is 0 Å². The number of aliphatic hydroxyl groups excluding tert-OH is 1. The summed E-state index contributed by atoms with van der Waals surface area (Å²) in [5.41, 5.74) is 9.99. The molecule has 3 aliphatic rings. The van der Waals surface area contributed by atoms with Crippen molar-refractivity contribution >= 4 is 23.6 Å². The molecule has 0 radical (unpaired) electrons. The van der Waals surface area contributed by atoms with E-state index in [2.05, 4.69) is 19.9 Å². The number of aliphatic hydroxyl groups is 1. The monoisotopic (exact) mass is 478 g/mol. The maximum atomic E-state index is 14.2. The summed E-state index contributed by atoms with van der Waals surface area (Å²) in [4.78, 5) is 30.8. The lowest BCUT2D eigenvalue weighted by atomic mass is 10.1. The van der Waals surface area contributed by atoms with Gasteiger partial charge in [-0.05, 0) is 19.3 Å². The summed E-state index contributed by atoms with van der Waals surface area (Å²) < 4.78 is 32.7. The molecule has 3 fully saturated rings. The lowest BCUT2D eigenvalue weighted by molar-refractivity contribution is -0.137. The zero-order valence-corrected chi connectivity index (χ0v) is 18.7. The number of aromatic nitrogens is 4. The molecule has 1 aliphatic carbocycles. The summed E-state index contributed by atoms with van der Waals surface area (Å²) in [7, 11) is 0. The number of nitrogens with zero attached hydrogens (tertiary/aromatic N) is 6. The zero-order chi connectivity index (χ0) is 24.3. The van der Waals surface area contributed by atoms with Gasteiger partial charge in [-0.3, -0.25) is 4.79 Å². The molecule has 2 saturated heterocycles. The first kappa shape index (κ1) is 24.0. The van der Waals surface area contributed by atoms with Gasteiger partial charge < -0.3 is 31.1 Å². The Morgan fingerprint density at radius 3 is 2.44 bits per heavy atom. The molecule has 4 heterocycles. The minimum absolute atomic E-state index is 0.0593. The molecule has 5 N–H and O–H groups in total. The van der Waals surface area contributed by atoms with Crippen LogP contribution < -0.4 is 16.4 Å². The van der Waals surface area contributed by atoms with E-state index in [0.29, 0.717) is 63.7 Å². The maximum absolute atomic E-state index is 14.2. The number of morpholine rings is 1. The number of carbonyl (C=O) groups is 1. The number of nitrogen functional groups attached to an aromatic ring is 2. The van der Waals surface area contributed by atoms with Crippen molar-refractivity contribution in [1.29, 1.82) is 0 Å². The smallest absolute Gasteiger partial charge is 0.260 e. The Bertz CT molecular complexity index is 1020. The van der Waals surface area contributed by atoms with Crippen LogP contribution in [0.15, 0.2) is 12.4 Å². The van der Waals surface area contributed by atoms with Crippen molar-refractivity contribution in [3.8, 4) is 11.3 Å². The number of halogens is 2. The molecule has 1 atom stereocenters. The molecule has 0 spiro atoms. The summed E-state index contributed by atoms with van der Waals surface area (Å²) in [6.45, 7) is 3.63. The highest BCUT2D eigenvalue weighted by molar-refractivity contribution is 5.88. The van der Waals surface area contributed by atoms with Crippen LogP contribution in [-0.2, 0) is 9.53 Å². The predicted molar refractivity (Wildman–Crippen MR) is 120 cm³/mol. The number of nitrogens with two attached hydrogens (primary N) is 2. The Labute approximate surface area is 195 Å². The van der Waals surface area contributed by atoms with Crippen LogP contribution in [-0.4, -0.2) is 87.5 Å². The predicted octanol–water partition coefficient (Wildman–Crippen LogP) is 0.403. The molecule has 2 aromatic rings. The number of rotatable bonds is 4. The molecular weight excluding hydrogens is 450 g/mol. The number of alkyl halides is 1. The Hall–Kier alpha value is -3.19. The van der Waals surface area contributed by atoms with Crippen LogP contribution in [0, 0.1) is 11.7 Å². The number of carbonyl (C=O) groups excluding carboxylic acids is 1. The summed E-state index contributed by atoms with van der Waals surface area (Å²) in [6, 6.07) is 0. The summed E-state index contributed by atoms with van der Waals surface area (Å²) >= 11 is 0. The number of hydrogen-bond donors (Lipinski definition) is 3. The van der Waals surface area contributed by atoms with Crippen LogP contribution in [0.25, 0.3) is 11.3 Å². The van der Waals surface area contributed by atoms with E-state index < -0.39 is 11.5 Å². The van der Waals surface area contributed by atoms with Crippen molar-refractivity contribution in [2.45, 2.75) is 24.9 Å². The molecule has 184 valence electrons. The molecule has 1 saturated carbocycles. The van der Waals surface area contributed by atoms with Gasteiger partial charge in [0.2, 0.25) is 11.9 Å². The largest absolute Gasteiger partial charge is 0.396 e. The van der Waals surface area contributed by atoms with Crippen molar-refractivity contribution in [2.24, 2.45) is 5.92 Å². The molecule has 0 aromatic carbocycles. The normalized spacial score (nSPS) is 21.1. The number of likely N-dealkylation sites (tertiary alicyclic amines) is 1. The van der Waals surface area contributed by atoms with Gasteiger partial charge in [-0.2, -0.15) is 4.98 Å². The number of ether oxygens (including phenoxy) is 1. The highest BCUT2D eigenvalue weighted by Crippen LogP contribution is 2.42. The molecular formula is C21H28F2N8O3. The van der Waals surface area contributed by atoms with E-state index in [0.717, 1.165) is 6.42 Å². The van der Waals surface area contributed by atoms with E-state index in [1.165, 1.54) is 12.4 Å². The molecule has 34 heavy (non-hydrogen) atoms. The molecule has 11 nitrogen and oxygen atoms in total. The van der Waals surface area contributed by atoms with E-state index in [-0.39, 0.29) is 35.9 Å². The van der Waals surface area contributed by atoms with Crippen LogP contribution in [0.1, 0.15) is 19.3 Å². The molecule has 0 bridgehead atoms. The standard InChI is InChI=1S/C12H14FN7O.C9H14FNO2/c13-8-9(7-5-16-11(15)17-6-7)18-12(19-10(8)14)20-1-3-21-4-2-20;10-9(2-3-9)8(13)11-4-1-7(5-11)6-12/h5-6H,1-4H2,(H2,14,18,19)(H2,15,16,17);7,12H,1-6H2. The topological polar surface area (TPSA) is 157 Å². The minimum atomic E-state index is -1.54. The Morgan fingerprint density at radius 2 is 1.85 bits per heavy atom. The molecule has 2 aliphatic heterocycles. The first-order valence-corrected chi connectivity index (χ1v) is 11.1. The SMILES string of the molecule is Nc1ncc(-c2nc(N3CCOCC3)nc(N)c2F)cn1.O=C(N1CCC(CO)C1)C1(F)CC1. The molecule has 13 heteroatoms. The van der Waals surface area contributed by atoms with Crippen LogP contribution >= 0.6 is 0 Å². The number of hydrogen-bond acceptors (Lipinski definition) is 10. The second-order valence-corrected chi connectivity index (χ2v) is 8.55. The average Bonchev–Trinajstić information content (AvgIpc) is 3.42. The van der Waals surface area contributed by atoms with Gasteiger partial charge in [0.05, 0.1) is 13.2 Å². The fourth-order valence-corrected chi connectivity index (χ4v) is 3.78. The Kier molecular flexibility index (Phi) is 7.03. The highest BCUT2D eigenvalue weighted by atomic mass is 19.1. The molecule has 1 amide bonds. The van der Waals surface area contributed by atoms with E-state index >= 15 is 0 Å². The van der Waals surface area contributed by atoms with E-state index in [1.807, 2.05) is 4.90 Å². The second kappa shape index (κ2) is 9.97. The first-order chi connectivity index (χ1) is 16.3. The van der Waals surface area contributed by atoms with Gasteiger partial charge >= 0.3 is 0 Å². The van der Waals surface area contributed by atoms with Crippen molar-refractivity contribution in [3.63, 3.8) is 0 Å². The summed E-state index contributed by atoms with van der Waals surface area (Å²) in [6.07, 6.45) is 4.36. The lowest BCUT2D eigenvalue weighted by Gasteiger charge is -2.27. The summed E-state index contributed by atoms with van der Waals surface area (Å²) in [5, 5.41) is 8.85. The molecule has 2 aromatic heterocycles. The third-order valence-corrected chi connectivity index (χ3v) is 6.01. The van der Waals surface area contributed by atoms with Crippen LogP contribution in [0.4, 0.5) is 26.5 Å². The number of amides is 1. The summed E-state index contributed by atoms with van der Waals surface area (Å²) in [5.74, 6) is -0.632.